The predicted molar refractivity (Wildman–Crippen MR) is 74.0 cm³/mol. The number of carbonyl (C=O) groups is 1. The van der Waals surface area contributed by atoms with Gasteiger partial charge in [-0.3, -0.25) is 4.79 Å². The first-order valence-electron chi connectivity index (χ1n) is 6.40. The second-order valence-electron chi connectivity index (χ2n) is 4.64. The summed E-state index contributed by atoms with van der Waals surface area (Å²) < 4.78 is 38.1. The summed E-state index contributed by atoms with van der Waals surface area (Å²) in [5.41, 5.74) is 5.50. The van der Waals surface area contributed by atoms with E-state index < -0.39 is 23.4 Å². The van der Waals surface area contributed by atoms with Crippen LogP contribution in [-0.4, -0.2) is 12.3 Å². The Labute approximate surface area is 120 Å². The Morgan fingerprint density at radius 1 is 1.05 bits per heavy atom. The molecule has 1 atom stereocenters. The highest BCUT2D eigenvalue weighted by atomic mass is 19.4. The molecule has 2 aromatic rings. The number of carbonyl (C=O) groups excluding carboxylic acids is 1. The average Bonchev–Trinajstić information content (AvgIpc) is 2.48. The molecule has 0 spiro atoms. The molecule has 0 saturated heterocycles. The lowest BCUT2D eigenvalue weighted by Crippen LogP contribution is -2.22. The Bertz CT molecular complexity index is 623. The van der Waals surface area contributed by atoms with Crippen LogP contribution in [0.15, 0.2) is 54.6 Å². The van der Waals surface area contributed by atoms with Gasteiger partial charge < -0.3 is 5.73 Å². The van der Waals surface area contributed by atoms with Gasteiger partial charge in [0.2, 0.25) is 0 Å². The highest BCUT2D eigenvalue weighted by Gasteiger charge is 2.31. The molecule has 0 aromatic heterocycles. The first-order chi connectivity index (χ1) is 9.93. The smallest absolute Gasteiger partial charge is 0.329 e. The lowest BCUT2D eigenvalue weighted by atomic mass is 9.90. The van der Waals surface area contributed by atoms with Crippen LogP contribution in [0.2, 0.25) is 0 Å². The number of ketones is 1. The minimum Gasteiger partial charge on any atom is -0.329 e. The number of Topliss-reactive ketones (excluding diaryl/α,β-unsaturated/α-hetero) is 1. The first-order valence-corrected chi connectivity index (χ1v) is 6.40. The predicted octanol–water partition coefficient (Wildman–Crippen LogP) is 3.63. The third-order valence-corrected chi connectivity index (χ3v) is 3.23. The molecule has 0 radical (unpaired) electrons. The van der Waals surface area contributed by atoms with Crippen molar-refractivity contribution in [3.8, 4) is 0 Å². The fraction of sp³-hybridized carbons (Fsp3) is 0.188. The molecule has 0 bridgehead atoms. The van der Waals surface area contributed by atoms with Crippen LogP contribution in [0.4, 0.5) is 13.2 Å². The van der Waals surface area contributed by atoms with E-state index in [-0.39, 0.29) is 12.1 Å². The van der Waals surface area contributed by atoms with Gasteiger partial charge in [0.25, 0.3) is 0 Å². The number of hydrogen-bond acceptors (Lipinski definition) is 2. The molecule has 2 aromatic carbocycles. The molecular formula is C16H14F3NO. The summed E-state index contributed by atoms with van der Waals surface area (Å²) in [5, 5.41) is 0. The van der Waals surface area contributed by atoms with Crippen molar-refractivity contribution >= 4 is 5.78 Å². The van der Waals surface area contributed by atoms with Crippen LogP contribution in [0.5, 0.6) is 0 Å². The highest BCUT2D eigenvalue weighted by molar-refractivity contribution is 6.01. The zero-order valence-electron chi connectivity index (χ0n) is 11.1. The Morgan fingerprint density at radius 2 is 1.71 bits per heavy atom. The summed E-state index contributed by atoms with van der Waals surface area (Å²) in [6.07, 6.45) is -4.47. The van der Waals surface area contributed by atoms with Crippen LogP contribution in [0.25, 0.3) is 0 Å². The van der Waals surface area contributed by atoms with Crippen molar-refractivity contribution in [3.63, 3.8) is 0 Å². The summed E-state index contributed by atoms with van der Waals surface area (Å²) in [4.78, 5) is 12.4. The van der Waals surface area contributed by atoms with Gasteiger partial charge in [0.1, 0.15) is 0 Å². The zero-order chi connectivity index (χ0) is 15.5. The fourth-order valence-electron chi connectivity index (χ4n) is 2.13. The van der Waals surface area contributed by atoms with Crippen LogP contribution >= 0.6 is 0 Å². The van der Waals surface area contributed by atoms with Gasteiger partial charge in [0.15, 0.2) is 5.78 Å². The number of alkyl halides is 3. The number of rotatable bonds is 4. The van der Waals surface area contributed by atoms with Gasteiger partial charge in [0, 0.05) is 12.1 Å². The second-order valence-corrected chi connectivity index (χ2v) is 4.64. The molecule has 5 heteroatoms. The molecule has 110 valence electrons. The second kappa shape index (κ2) is 6.10. The Kier molecular flexibility index (Phi) is 4.43. The van der Waals surface area contributed by atoms with Crippen LogP contribution in [0.3, 0.4) is 0 Å². The maximum absolute atomic E-state index is 12.7. The van der Waals surface area contributed by atoms with Crippen molar-refractivity contribution in [2.75, 3.05) is 6.54 Å². The molecular weight excluding hydrogens is 279 g/mol. The number of halogens is 3. The minimum atomic E-state index is -4.47. The van der Waals surface area contributed by atoms with Gasteiger partial charge in [-0.25, -0.2) is 0 Å². The van der Waals surface area contributed by atoms with Gasteiger partial charge in [-0.2, -0.15) is 13.2 Å². The molecule has 0 saturated carbocycles. The molecule has 1 unspecified atom stereocenters. The maximum Gasteiger partial charge on any atom is 0.416 e. The molecule has 2 rings (SSSR count). The zero-order valence-corrected chi connectivity index (χ0v) is 11.1. The van der Waals surface area contributed by atoms with Gasteiger partial charge >= 0.3 is 6.18 Å². The van der Waals surface area contributed by atoms with Gasteiger partial charge in [0.05, 0.1) is 11.5 Å². The van der Waals surface area contributed by atoms with E-state index in [4.69, 9.17) is 5.73 Å². The van der Waals surface area contributed by atoms with E-state index in [1.54, 1.807) is 30.3 Å². The minimum absolute atomic E-state index is 0.0177. The van der Waals surface area contributed by atoms with E-state index in [2.05, 4.69) is 0 Å². The molecule has 21 heavy (non-hydrogen) atoms. The summed E-state index contributed by atoms with van der Waals surface area (Å²) in [6, 6.07) is 13.2. The van der Waals surface area contributed by atoms with Crippen molar-refractivity contribution in [3.05, 3.63) is 71.3 Å². The number of nitrogens with two attached hydrogens (primary N) is 1. The first kappa shape index (κ1) is 15.3. The van der Waals surface area contributed by atoms with Crippen LogP contribution < -0.4 is 5.73 Å². The standard InChI is InChI=1S/C16H14F3NO/c17-16(18,19)13-8-4-7-12(9-13)15(21)14(10-20)11-5-2-1-3-6-11/h1-9,14H,10,20H2. The highest BCUT2D eigenvalue weighted by Crippen LogP contribution is 2.30. The topological polar surface area (TPSA) is 43.1 Å². The monoisotopic (exact) mass is 293 g/mol. The van der Waals surface area contributed by atoms with Gasteiger partial charge in [-0.15, -0.1) is 0 Å². The summed E-state index contributed by atoms with van der Waals surface area (Å²) in [6.45, 7) is 0.0408. The van der Waals surface area contributed by atoms with E-state index in [0.717, 1.165) is 12.1 Å². The van der Waals surface area contributed by atoms with Gasteiger partial charge in [-0.05, 0) is 17.7 Å². The van der Waals surface area contributed by atoms with Crippen LogP contribution in [0.1, 0.15) is 27.4 Å². The van der Waals surface area contributed by atoms with Crippen LogP contribution in [0, 0.1) is 0 Å². The average molecular weight is 293 g/mol. The third-order valence-electron chi connectivity index (χ3n) is 3.23. The lowest BCUT2D eigenvalue weighted by Gasteiger charge is -2.15. The van der Waals surface area contributed by atoms with Crippen molar-refractivity contribution in [1.82, 2.24) is 0 Å². The normalized spacial score (nSPS) is 13.0. The fourth-order valence-corrected chi connectivity index (χ4v) is 2.13. The van der Waals surface area contributed by atoms with E-state index in [0.29, 0.717) is 5.56 Å². The van der Waals surface area contributed by atoms with Crippen molar-refractivity contribution in [2.45, 2.75) is 12.1 Å². The van der Waals surface area contributed by atoms with E-state index in [1.165, 1.54) is 12.1 Å². The van der Waals surface area contributed by atoms with Gasteiger partial charge in [-0.1, -0.05) is 42.5 Å². The molecule has 0 aliphatic carbocycles. The largest absolute Gasteiger partial charge is 0.416 e. The summed E-state index contributed by atoms with van der Waals surface area (Å²) in [7, 11) is 0. The summed E-state index contributed by atoms with van der Waals surface area (Å²) >= 11 is 0. The molecule has 0 aliphatic heterocycles. The Morgan fingerprint density at radius 3 is 2.29 bits per heavy atom. The maximum atomic E-state index is 12.7. The lowest BCUT2D eigenvalue weighted by molar-refractivity contribution is -0.137. The van der Waals surface area contributed by atoms with Crippen molar-refractivity contribution in [2.24, 2.45) is 5.73 Å². The van der Waals surface area contributed by atoms with Crippen LogP contribution in [-0.2, 0) is 6.18 Å². The van der Waals surface area contributed by atoms with E-state index in [9.17, 15) is 18.0 Å². The molecule has 0 fully saturated rings. The Hall–Kier alpha value is -2.14. The third kappa shape index (κ3) is 3.49. The molecule has 2 nitrogen and oxygen atoms in total. The van der Waals surface area contributed by atoms with E-state index >= 15 is 0 Å². The number of benzene rings is 2. The summed E-state index contributed by atoms with van der Waals surface area (Å²) in [5.74, 6) is -1.05. The van der Waals surface area contributed by atoms with Crippen molar-refractivity contribution < 1.29 is 18.0 Å². The molecule has 2 N–H and O–H groups in total. The number of hydrogen-bond donors (Lipinski definition) is 1. The Balaban J connectivity index is 2.35. The quantitative estimate of drug-likeness (QED) is 0.875. The molecule has 0 amide bonds. The molecule has 0 heterocycles. The van der Waals surface area contributed by atoms with E-state index in [1.807, 2.05) is 0 Å². The SMILES string of the molecule is NCC(C(=O)c1cccc(C(F)(F)F)c1)c1ccccc1. The van der Waals surface area contributed by atoms with Crippen molar-refractivity contribution in [1.29, 1.82) is 0 Å². The molecule has 0 aliphatic rings.